The topological polar surface area (TPSA) is 35.6 Å². The number of rotatable bonds is 3. The molecule has 2 fully saturated rings. The zero-order chi connectivity index (χ0) is 15.9. The molecule has 1 amide bonds. The Bertz CT molecular complexity index is 585. The lowest BCUT2D eigenvalue weighted by Gasteiger charge is -2.35. The molecule has 0 aromatic heterocycles. The third-order valence-electron chi connectivity index (χ3n) is 4.20. The van der Waals surface area contributed by atoms with E-state index < -0.39 is 4.33 Å². The number of nitrogens with zero attached hydrogens (tertiary/aromatic N) is 2. The number of halogens is 3. The maximum absolute atomic E-state index is 12.2. The average Bonchev–Trinajstić information content (AvgIpc) is 3.09. The number of anilines is 2. The zero-order valence-electron chi connectivity index (χ0n) is 12.3. The van der Waals surface area contributed by atoms with Gasteiger partial charge in [0.1, 0.15) is 4.33 Å². The van der Waals surface area contributed by atoms with Gasteiger partial charge in [-0.15, -0.1) is 23.2 Å². The molecule has 1 saturated carbocycles. The van der Waals surface area contributed by atoms with Gasteiger partial charge in [-0.1, -0.05) is 11.6 Å². The molecule has 2 aliphatic rings. The van der Waals surface area contributed by atoms with Gasteiger partial charge in [0.2, 0.25) is 5.91 Å². The van der Waals surface area contributed by atoms with Gasteiger partial charge in [-0.25, -0.2) is 0 Å². The number of nitrogens with one attached hydrogen (secondary N) is 1. The van der Waals surface area contributed by atoms with Gasteiger partial charge in [0.15, 0.2) is 0 Å². The minimum Gasteiger partial charge on any atom is -0.367 e. The van der Waals surface area contributed by atoms with E-state index in [1.54, 1.807) is 6.07 Å². The van der Waals surface area contributed by atoms with Crippen LogP contribution in [-0.2, 0) is 4.79 Å². The molecule has 1 aliphatic carbocycles. The van der Waals surface area contributed by atoms with Crippen molar-refractivity contribution >= 4 is 52.1 Å². The fourth-order valence-electron chi connectivity index (χ4n) is 2.65. The molecule has 1 N–H and O–H groups in total. The Morgan fingerprint density at radius 1 is 1.27 bits per heavy atom. The van der Waals surface area contributed by atoms with Gasteiger partial charge in [-0.3, -0.25) is 4.79 Å². The van der Waals surface area contributed by atoms with Crippen LogP contribution in [0.5, 0.6) is 0 Å². The monoisotopic (exact) mass is 361 g/mol. The molecular formula is C15H18Cl3N3O. The predicted octanol–water partition coefficient (Wildman–Crippen LogP) is 3.22. The van der Waals surface area contributed by atoms with Gasteiger partial charge in [0.25, 0.3) is 0 Å². The van der Waals surface area contributed by atoms with Crippen molar-refractivity contribution in [2.45, 2.75) is 10.8 Å². The maximum Gasteiger partial charge on any atom is 0.230 e. The standard InChI is InChI=1S/C15H18Cl3N3O/c1-20-4-6-21(7-5-20)13-3-2-10(16)8-12(13)19-14(22)11-9-15(11,17)18/h2-3,8,11H,4-7,9H2,1H3,(H,19,22). The third-order valence-corrected chi connectivity index (χ3v) is 5.27. The van der Waals surface area contributed by atoms with Crippen LogP contribution in [0.1, 0.15) is 6.42 Å². The quantitative estimate of drug-likeness (QED) is 0.839. The molecule has 1 aromatic carbocycles. The highest BCUT2D eigenvalue weighted by Crippen LogP contribution is 2.53. The summed E-state index contributed by atoms with van der Waals surface area (Å²) in [5.74, 6) is -0.502. The number of alkyl halides is 2. The van der Waals surface area contributed by atoms with E-state index in [1.807, 2.05) is 12.1 Å². The first-order chi connectivity index (χ1) is 10.4. The van der Waals surface area contributed by atoms with Crippen molar-refractivity contribution < 1.29 is 4.79 Å². The predicted molar refractivity (Wildman–Crippen MR) is 92.3 cm³/mol. The van der Waals surface area contributed by atoms with Crippen LogP contribution in [0, 0.1) is 5.92 Å². The van der Waals surface area contributed by atoms with E-state index >= 15 is 0 Å². The van der Waals surface area contributed by atoms with E-state index in [9.17, 15) is 4.79 Å². The first-order valence-electron chi connectivity index (χ1n) is 7.28. The average molecular weight is 363 g/mol. The molecule has 0 spiro atoms. The van der Waals surface area contributed by atoms with Crippen molar-refractivity contribution in [3.05, 3.63) is 23.2 Å². The summed E-state index contributed by atoms with van der Waals surface area (Å²) in [6.45, 7) is 3.81. The Morgan fingerprint density at radius 3 is 2.50 bits per heavy atom. The summed E-state index contributed by atoms with van der Waals surface area (Å²) < 4.78 is -0.920. The number of benzene rings is 1. The molecule has 1 unspecified atom stereocenters. The number of likely N-dealkylation sites (N-methyl/N-ethyl adjacent to an activating group) is 1. The fourth-order valence-corrected chi connectivity index (χ4v) is 3.33. The smallest absolute Gasteiger partial charge is 0.230 e. The number of amides is 1. The lowest BCUT2D eigenvalue weighted by molar-refractivity contribution is -0.117. The molecule has 1 saturated heterocycles. The molecular weight excluding hydrogens is 345 g/mol. The molecule has 120 valence electrons. The molecule has 1 heterocycles. The molecule has 22 heavy (non-hydrogen) atoms. The highest BCUT2D eigenvalue weighted by atomic mass is 35.5. The molecule has 1 atom stereocenters. The summed E-state index contributed by atoms with van der Waals surface area (Å²) in [6.07, 6.45) is 0.492. The Labute approximate surface area is 145 Å². The number of carbonyl (C=O) groups is 1. The Kier molecular flexibility index (Phi) is 4.47. The largest absolute Gasteiger partial charge is 0.367 e. The molecule has 1 aromatic rings. The van der Waals surface area contributed by atoms with Gasteiger partial charge in [0, 0.05) is 31.2 Å². The van der Waals surface area contributed by atoms with Crippen LogP contribution in [0.15, 0.2) is 18.2 Å². The number of hydrogen-bond acceptors (Lipinski definition) is 3. The first kappa shape index (κ1) is 16.2. The van der Waals surface area contributed by atoms with Crippen LogP contribution >= 0.6 is 34.8 Å². The lowest BCUT2D eigenvalue weighted by atomic mass is 10.2. The van der Waals surface area contributed by atoms with E-state index in [-0.39, 0.29) is 11.8 Å². The fraction of sp³-hybridized carbons (Fsp3) is 0.533. The minimum atomic E-state index is -0.920. The van der Waals surface area contributed by atoms with Gasteiger partial charge >= 0.3 is 0 Å². The van der Waals surface area contributed by atoms with Crippen molar-refractivity contribution in [1.29, 1.82) is 0 Å². The normalized spacial score (nSPS) is 24.2. The van der Waals surface area contributed by atoms with Crippen LogP contribution in [-0.4, -0.2) is 48.4 Å². The van der Waals surface area contributed by atoms with Crippen molar-refractivity contribution in [3.63, 3.8) is 0 Å². The van der Waals surface area contributed by atoms with E-state index in [1.165, 1.54) is 0 Å². The van der Waals surface area contributed by atoms with E-state index in [0.717, 1.165) is 37.6 Å². The van der Waals surface area contributed by atoms with Gasteiger partial charge in [0.05, 0.1) is 17.3 Å². The SMILES string of the molecule is CN1CCN(c2ccc(Cl)cc2NC(=O)C2CC2(Cl)Cl)CC1. The molecule has 1 aliphatic heterocycles. The van der Waals surface area contributed by atoms with Crippen LogP contribution in [0.2, 0.25) is 5.02 Å². The molecule has 3 rings (SSSR count). The second kappa shape index (κ2) is 6.08. The first-order valence-corrected chi connectivity index (χ1v) is 8.42. The van der Waals surface area contributed by atoms with Crippen LogP contribution < -0.4 is 10.2 Å². The van der Waals surface area contributed by atoms with Crippen molar-refractivity contribution in [1.82, 2.24) is 4.90 Å². The molecule has 0 bridgehead atoms. The van der Waals surface area contributed by atoms with E-state index in [0.29, 0.717) is 11.4 Å². The summed E-state index contributed by atoms with van der Waals surface area (Å²) >= 11 is 18.0. The Hall–Kier alpha value is -0.680. The minimum absolute atomic E-state index is 0.150. The molecule has 4 nitrogen and oxygen atoms in total. The Morgan fingerprint density at radius 2 is 1.91 bits per heavy atom. The molecule has 7 heteroatoms. The lowest BCUT2D eigenvalue weighted by Crippen LogP contribution is -2.44. The van der Waals surface area contributed by atoms with E-state index in [2.05, 4.69) is 22.2 Å². The van der Waals surface area contributed by atoms with Crippen molar-refractivity contribution in [2.75, 3.05) is 43.4 Å². The van der Waals surface area contributed by atoms with Crippen LogP contribution in [0.25, 0.3) is 0 Å². The van der Waals surface area contributed by atoms with E-state index in [4.69, 9.17) is 34.8 Å². The van der Waals surface area contributed by atoms with Crippen LogP contribution in [0.3, 0.4) is 0 Å². The number of hydrogen-bond donors (Lipinski definition) is 1. The van der Waals surface area contributed by atoms with Crippen molar-refractivity contribution in [2.24, 2.45) is 5.92 Å². The van der Waals surface area contributed by atoms with Crippen molar-refractivity contribution in [3.8, 4) is 0 Å². The number of carbonyl (C=O) groups excluding carboxylic acids is 1. The summed E-state index contributed by atoms with van der Waals surface area (Å²) in [7, 11) is 2.11. The highest BCUT2D eigenvalue weighted by Gasteiger charge is 2.56. The zero-order valence-corrected chi connectivity index (χ0v) is 14.5. The second-order valence-corrected chi connectivity index (χ2v) is 7.94. The van der Waals surface area contributed by atoms with Crippen LogP contribution in [0.4, 0.5) is 11.4 Å². The van der Waals surface area contributed by atoms with Gasteiger partial charge in [-0.05, 0) is 31.7 Å². The third kappa shape index (κ3) is 3.46. The summed E-state index contributed by atoms with van der Waals surface area (Å²) in [4.78, 5) is 16.8. The highest BCUT2D eigenvalue weighted by molar-refractivity contribution is 6.52. The summed E-state index contributed by atoms with van der Waals surface area (Å²) in [6, 6.07) is 5.57. The maximum atomic E-state index is 12.2. The summed E-state index contributed by atoms with van der Waals surface area (Å²) in [5.41, 5.74) is 1.71. The Balaban J connectivity index is 1.78. The second-order valence-electron chi connectivity index (χ2n) is 5.96. The van der Waals surface area contributed by atoms with Gasteiger partial charge in [-0.2, -0.15) is 0 Å². The van der Waals surface area contributed by atoms with Gasteiger partial charge < -0.3 is 15.1 Å². The number of piperazine rings is 1. The summed E-state index contributed by atoms with van der Waals surface area (Å²) in [5, 5.41) is 3.52. The molecule has 0 radical (unpaired) electrons.